The molecule has 0 heterocycles. The Morgan fingerprint density at radius 3 is 2.10 bits per heavy atom. The Balaban J connectivity index is 3.41. The molecule has 0 saturated carbocycles. The zero-order valence-corrected chi connectivity index (χ0v) is 7.77. The summed E-state index contributed by atoms with van der Waals surface area (Å²) >= 11 is 4.23. The maximum atomic E-state index is 8.70. The van der Waals surface area contributed by atoms with Crippen LogP contribution in [-0.2, 0) is 0 Å². The van der Waals surface area contributed by atoms with E-state index >= 15 is 0 Å². The summed E-state index contributed by atoms with van der Waals surface area (Å²) in [5.74, 6) is 0.745. The summed E-state index contributed by atoms with van der Waals surface area (Å²) in [6.07, 6.45) is 3.45. The molecular weight excluding hydrogens is 144 g/mol. The molecule has 0 saturated heterocycles. The minimum Gasteiger partial charge on any atom is -0.395 e. The highest BCUT2D eigenvalue weighted by atomic mass is 32.1. The molecule has 0 aliphatic heterocycles. The normalized spacial score (nSPS) is 14.1. The van der Waals surface area contributed by atoms with Gasteiger partial charge in [0.05, 0.1) is 6.61 Å². The van der Waals surface area contributed by atoms with Gasteiger partial charge in [-0.25, -0.2) is 0 Å². The van der Waals surface area contributed by atoms with Crippen LogP contribution < -0.4 is 0 Å². The van der Waals surface area contributed by atoms with Gasteiger partial charge in [0, 0.05) is 5.25 Å². The molecule has 0 bridgehead atoms. The van der Waals surface area contributed by atoms with E-state index in [1.54, 1.807) is 0 Å². The lowest BCUT2D eigenvalue weighted by Gasteiger charge is -2.14. The van der Waals surface area contributed by atoms with E-state index in [0.717, 1.165) is 12.3 Å². The van der Waals surface area contributed by atoms with Crippen molar-refractivity contribution in [2.24, 2.45) is 5.92 Å². The fourth-order valence-corrected chi connectivity index (χ4v) is 1.38. The lowest BCUT2D eigenvalue weighted by Crippen LogP contribution is -2.11. The monoisotopic (exact) mass is 162 g/mol. The van der Waals surface area contributed by atoms with Gasteiger partial charge >= 0.3 is 0 Å². The third-order valence-corrected chi connectivity index (χ3v) is 2.34. The standard InChI is InChI=1S/C8H18OS/c1-3-7(4-2)5-8(10)6-9/h7-10H,3-6H2,1-2H3. The fraction of sp³-hybridized carbons (Fsp3) is 1.00. The van der Waals surface area contributed by atoms with Crippen molar-refractivity contribution in [3.05, 3.63) is 0 Å². The van der Waals surface area contributed by atoms with Gasteiger partial charge in [0.1, 0.15) is 0 Å². The van der Waals surface area contributed by atoms with Crippen molar-refractivity contribution in [3.63, 3.8) is 0 Å². The molecule has 1 atom stereocenters. The van der Waals surface area contributed by atoms with Crippen LogP contribution in [0.25, 0.3) is 0 Å². The molecule has 0 aliphatic carbocycles. The summed E-state index contributed by atoms with van der Waals surface area (Å²) in [5.41, 5.74) is 0. The van der Waals surface area contributed by atoms with E-state index in [1.807, 2.05) is 0 Å². The molecule has 1 unspecified atom stereocenters. The molecule has 10 heavy (non-hydrogen) atoms. The first-order chi connectivity index (χ1) is 4.74. The van der Waals surface area contributed by atoms with Crippen LogP contribution in [0.2, 0.25) is 0 Å². The molecule has 1 nitrogen and oxygen atoms in total. The van der Waals surface area contributed by atoms with E-state index in [9.17, 15) is 0 Å². The molecule has 0 aromatic rings. The smallest absolute Gasteiger partial charge is 0.0547 e. The van der Waals surface area contributed by atoms with Crippen molar-refractivity contribution in [1.82, 2.24) is 0 Å². The van der Waals surface area contributed by atoms with Crippen LogP contribution >= 0.6 is 12.6 Å². The van der Waals surface area contributed by atoms with Crippen molar-refractivity contribution in [3.8, 4) is 0 Å². The van der Waals surface area contributed by atoms with E-state index in [4.69, 9.17) is 5.11 Å². The predicted molar refractivity (Wildman–Crippen MR) is 48.5 cm³/mol. The van der Waals surface area contributed by atoms with Gasteiger partial charge in [-0.3, -0.25) is 0 Å². The molecule has 0 aromatic heterocycles. The molecule has 0 radical (unpaired) electrons. The van der Waals surface area contributed by atoms with Crippen LogP contribution in [0.4, 0.5) is 0 Å². The minimum absolute atomic E-state index is 0.185. The van der Waals surface area contributed by atoms with Gasteiger partial charge in [0.2, 0.25) is 0 Å². The maximum Gasteiger partial charge on any atom is 0.0547 e. The van der Waals surface area contributed by atoms with E-state index in [1.165, 1.54) is 12.8 Å². The number of thiol groups is 1. The zero-order chi connectivity index (χ0) is 7.98. The largest absolute Gasteiger partial charge is 0.395 e. The molecule has 0 amide bonds. The van der Waals surface area contributed by atoms with Gasteiger partial charge < -0.3 is 5.11 Å². The summed E-state index contributed by atoms with van der Waals surface area (Å²) in [6.45, 7) is 4.58. The van der Waals surface area contributed by atoms with Crippen LogP contribution in [0.5, 0.6) is 0 Å². The van der Waals surface area contributed by atoms with Crippen molar-refractivity contribution < 1.29 is 5.11 Å². The first-order valence-corrected chi connectivity index (χ1v) is 4.55. The summed E-state index contributed by atoms with van der Waals surface area (Å²) in [7, 11) is 0. The number of hydrogen-bond donors (Lipinski definition) is 2. The summed E-state index contributed by atoms with van der Waals surface area (Å²) in [4.78, 5) is 0. The predicted octanol–water partition coefficient (Wildman–Crippen LogP) is 2.10. The highest BCUT2D eigenvalue weighted by Gasteiger charge is 2.08. The molecule has 62 valence electrons. The summed E-state index contributed by atoms with van der Waals surface area (Å²) < 4.78 is 0. The molecule has 0 fully saturated rings. The van der Waals surface area contributed by atoms with Crippen molar-refractivity contribution >= 4 is 12.6 Å². The van der Waals surface area contributed by atoms with Crippen LogP contribution in [0.15, 0.2) is 0 Å². The Bertz CT molecular complexity index is 71.7. The second-order valence-electron chi connectivity index (χ2n) is 2.75. The Morgan fingerprint density at radius 1 is 1.30 bits per heavy atom. The second-order valence-corrected chi connectivity index (χ2v) is 3.48. The van der Waals surface area contributed by atoms with Gasteiger partial charge in [-0.05, 0) is 12.3 Å². The first kappa shape index (κ1) is 10.3. The van der Waals surface area contributed by atoms with Crippen LogP contribution in [-0.4, -0.2) is 17.0 Å². The summed E-state index contributed by atoms with van der Waals surface area (Å²) in [5, 5.41) is 8.88. The third kappa shape index (κ3) is 4.18. The number of rotatable bonds is 5. The lowest BCUT2D eigenvalue weighted by atomic mass is 9.98. The first-order valence-electron chi connectivity index (χ1n) is 4.03. The van der Waals surface area contributed by atoms with Crippen molar-refractivity contribution in [2.75, 3.05) is 6.61 Å². The number of aliphatic hydroxyl groups is 1. The van der Waals surface area contributed by atoms with Gasteiger partial charge in [-0.1, -0.05) is 26.7 Å². The molecule has 0 aliphatic rings. The minimum atomic E-state index is 0.185. The third-order valence-electron chi connectivity index (χ3n) is 1.97. The van der Waals surface area contributed by atoms with Crippen molar-refractivity contribution in [1.29, 1.82) is 0 Å². The van der Waals surface area contributed by atoms with Gasteiger partial charge in [-0.2, -0.15) is 12.6 Å². The average Bonchev–Trinajstić information content (AvgIpc) is 1.99. The summed E-state index contributed by atoms with van der Waals surface area (Å²) in [6, 6.07) is 0. The quantitative estimate of drug-likeness (QED) is 0.593. The highest BCUT2D eigenvalue weighted by Crippen LogP contribution is 2.17. The van der Waals surface area contributed by atoms with E-state index in [2.05, 4.69) is 26.5 Å². The van der Waals surface area contributed by atoms with Gasteiger partial charge in [0.25, 0.3) is 0 Å². The Hall–Kier alpha value is 0.310. The van der Waals surface area contributed by atoms with Crippen LogP contribution in [0, 0.1) is 5.92 Å². The van der Waals surface area contributed by atoms with E-state index < -0.39 is 0 Å². The van der Waals surface area contributed by atoms with E-state index in [-0.39, 0.29) is 11.9 Å². The Labute approximate surface area is 69.2 Å². The fourth-order valence-electron chi connectivity index (χ4n) is 1.08. The van der Waals surface area contributed by atoms with Crippen molar-refractivity contribution in [2.45, 2.75) is 38.4 Å². The molecule has 0 spiro atoms. The van der Waals surface area contributed by atoms with E-state index in [0.29, 0.717) is 0 Å². The van der Waals surface area contributed by atoms with Crippen LogP contribution in [0.3, 0.4) is 0 Å². The number of aliphatic hydroxyl groups excluding tert-OH is 1. The zero-order valence-electron chi connectivity index (χ0n) is 6.88. The topological polar surface area (TPSA) is 20.2 Å². The number of hydrogen-bond acceptors (Lipinski definition) is 2. The average molecular weight is 162 g/mol. The molecule has 0 rings (SSSR count). The lowest BCUT2D eigenvalue weighted by molar-refractivity contribution is 0.276. The Morgan fingerprint density at radius 2 is 1.80 bits per heavy atom. The van der Waals surface area contributed by atoms with Crippen LogP contribution in [0.1, 0.15) is 33.1 Å². The highest BCUT2D eigenvalue weighted by molar-refractivity contribution is 7.81. The molecule has 2 heteroatoms. The SMILES string of the molecule is CCC(CC)CC(S)CO. The molecule has 1 N–H and O–H groups in total. The van der Waals surface area contributed by atoms with Gasteiger partial charge in [0.15, 0.2) is 0 Å². The Kier molecular flexibility index (Phi) is 6.24. The second kappa shape index (κ2) is 6.05. The van der Waals surface area contributed by atoms with Gasteiger partial charge in [-0.15, -0.1) is 0 Å². The molecular formula is C8H18OS. The molecule has 0 aromatic carbocycles. The maximum absolute atomic E-state index is 8.70.